The lowest BCUT2D eigenvalue weighted by atomic mass is 9.90. The van der Waals surface area contributed by atoms with E-state index in [0.29, 0.717) is 6.04 Å². The van der Waals surface area contributed by atoms with Crippen LogP contribution in [0.4, 0.5) is 4.79 Å². The number of nitrogens with zero attached hydrogens (tertiary/aromatic N) is 4. The van der Waals surface area contributed by atoms with Gasteiger partial charge in [0, 0.05) is 77.8 Å². The number of carbonyl (C=O) groups excluding carboxylic acids is 1. The lowest BCUT2D eigenvalue weighted by Crippen LogP contribution is -2.50. The minimum absolute atomic E-state index is 0.131. The number of likely N-dealkylation sites (N-methyl/N-ethyl adjacent to an activating group) is 1. The van der Waals surface area contributed by atoms with Gasteiger partial charge in [-0.25, -0.2) is 4.79 Å². The van der Waals surface area contributed by atoms with Gasteiger partial charge in [-0.15, -0.1) is 0 Å². The van der Waals surface area contributed by atoms with Gasteiger partial charge in [0.15, 0.2) is 0 Å². The highest BCUT2D eigenvalue weighted by atomic mass is 16.6. The van der Waals surface area contributed by atoms with E-state index in [4.69, 9.17) is 9.84 Å². The van der Waals surface area contributed by atoms with Crippen LogP contribution in [0.1, 0.15) is 33.1 Å². The van der Waals surface area contributed by atoms with Crippen LogP contribution in [0.3, 0.4) is 0 Å². The van der Waals surface area contributed by atoms with Gasteiger partial charge in [0.2, 0.25) is 0 Å². The predicted molar refractivity (Wildman–Crippen MR) is 101 cm³/mol. The monoisotopic (exact) mass is 368 g/mol. The van der Waals surface area contributed by atoms with Crippen molar-refractivity contribution in [2.45, 2.75) is 44.8 Å². The zero-order valence-corrected chi connectivity index (χ0v) is 16.5. The summed E-state index contributed by atoms with van der Waals surface area (Å²) in [6, 6.07) is 0.396. The standard InChI is InChI=1S/C19H36N4O3/c1-3-20-9-11-21(12-10-20)13-14-23-16-19(26-18(23)25)5-7-22(8-6-19)17(2)4-15-24/h17,24H,3-16H2,1-2H3. The second kappa shape index (κ2) is 8.87. The average Bonchev–Trinajstić information content (AvgIpc) is 2.96. The Bertz CT molecular complexity index is 460. The molecule has 26 heavy (non-hydrogen) atoms. The molecule has 0 radical (unpaired) electrons. The van der Waals surface area contributed by atoms with Crippen LogP contribution >= 0.6 is 0 Å². The van der Waals surface area contributed by atoms with E-state index in [1.807, 2.05) is 4.90 Å². The number of piperidine rings is 1. The Hall–Kier alpha value is -0.890. The Kier molecular flexibility index (Phi) is 6.77. The molecule has 3 fully saturated rings. The Labute approximate surface area is 157 Å². The molecule has 1 spiro atoms. The normalized spacial score (nSPS) is 26.4. The largest absolute Gasteiger partial charge is 0.441 e. The maximum Gasteiger partial charge on any atom is 0.410 e. The van der Waals surface area contributed by atoms with E-state index in [0.717, 1.165) is 84.7 Å². The van der Waals surface area contributed by atoms with Crippen LogP contribution in [0.15, 0.2) is 0 Å². The van der Waals surface area contributed by atoms with Gasteiger partial charge < -0.3 is 24.5 Å². The number of hydrogen-bond acceptors (Lipinski definition) is 6. The molecule has 3 saturated heterocycles. The second-order valence-corrected chi connectivity index (χ2v) is 8.15. The zero-order valence-electron chi connectivity index (χ0n) is 16.5. The fraction of sp³-hybridized carbons (Fsp3) is 0.947. The Balaban J connectivity index is 1.43. The van der Waals surface area contributed by atoms with Crippen molar-refractivity contribution < 1.29 is 14.6 Å². The Morgan fingerprint density at radius 2 is 1.73 bits per heavy atom. The molecular weight excluding hydrogens is 332 g/mol. The second-order valence-electron chi connectivity index (χ2n) is 8.15. The maximum absolute atomic E-state index is 12.4. The van der Waals surface area contributed by atoms with E-state index in [2.05, 4.69) is 28.5 Å². The first kappa shape index (κ1) is 19.9. The molecule has 7 nitrogen and oxygen atoms in total. The summed E-state index contributed by atoms with van der Waals surface area (Å²) in [7, 11) is 0. The van der Waals surface area contributed by atoms with Gasteiger partial charge in [0.05, 0.1) is 6.54 Å². The molecule has 150 valence electrons. The number of piperazine rings is 1. The van der Waals surface area contributed by atoms with Crippen LogP contribution in [0.5, 0.6) is 0 Å². The molecule has 3 rings (SSSR count). The predicted octanol–water partition coefficient (Wildman–Crippen LogP) is 0.682. The molecule has 1 N–H and O–H groups in total. The van der Waals surface area contributed by atoms with Gasteiger partial charge in [0.25, 0.3) is 0 Å². The molecule has 7 heteroatoms. The van der Waals surface area contributed by atoms with Crippen LogP contribution in [-0.4, -0.2) is 114 Å². The van der Waals surface area contributed by atoms with E-state index in [1.165, 1.54) is 0 Å². The molecule has 3 aliphatic rings. The van der Waals surface area contributed by atoms with E-state index >= 15 is 0 Å². The summed E-state index contributed by atoms with van der Waals surface area (Å²) in [4.78, 5) is 21.6. The number of aliphatic hydroxyl groups is 1. The minimum atomic E-state index is -0.284. The zero-order chi connectivity index (χ0) is 18.6. The topological polar surface area (TPSA) is 59.5 Å². The third kappa shape index (κ3) is 4.68. The van der Waals surface area contributed by atoms with Crippen LogP contribution in [0.25, 0.3) is 0 Å². The van der Waals surface area contributed by atoms with Crippen molar-refractivity contribution in [1.82, 2.24) is 19.6 Å². The van der Waals surface area contributed by atoms with E-state index in [9.17, 15) is 4.79 Å². The summed E-state index contributed by atoms with van der Waals surface area (Å²) in [5.41, 5.74) is -0.284. The lowest BCUT2D eigenvalue weighted by Gasteiger charge is -2.40. The summed E-state index contributed by atoms with van der Waals surface area (Å²) in [5, 5.41) is 9.13. The third-order valence-corrected chi connectivity index (χ3v) is 6.52. The molecule has 3 aliphatic heterocycles. The molecular formula is C19H36N4O3. The van der Waals surface area contributed by atoms with Gasteiger partial charge in [-0.05, 0) is 19.9 Å². The summed E-state index contributed by atoms with van der Waals surface area (Å²) in [6.07, 6.45) is 2.49. The van der Waals surface area contributed by atoms with Crippen LogP contribution < -0.4 is 0 Å². The summed E-state index contributed by atoms with van der Waals surface area (Å²) < 4.78 is 5.85. The van der Waals surface area contributed by atoms with Crippen molar-refractivity contribution in [2.24, 2.45) is 0 Å². The summed E-state index contributed by atoms with van der Waals surface area (Å²) >= 11 is 0. The molecule has 0 aromatic carbocycles. The number of hydrogen-bond donors (Lipinski definition) is 1. The van der Waals surface area contributed by atoms with Crippen LogP contribution in [0.2, 0.25) is 0 Å². The van der Waals surface area contributed by atoms with Gasteiger partial charge in [0.1, 0.15) is 5.60 Å². The first-order valence-corrected chi connectivity index (χ1v) is 10.3. The maximum atomic E-state index is 12.4. The molecule has 3 heterocycles. The van der Waals surface area contributed by atoms with Crippen molar-refractivity contribution in [2.75, 3.05) is 72.1 Å². The quantitative estimate of drug-likeness (QED) is 0.713. The summed E-state index contributed by atoms with van der Waals surface area (Å²) in [6.45, 7) is 14.6. The number of amides is 1. The molecule has 0 saturated carbocycles. The Morgan fingerprint density at radius 1 is 1.08 bits per heavy atom. The highest BCUT2D eigenvalue weighted by Crippen LogP contribution is 2.33. The van der Waals surface area contributed by atoms with Gasteiger partial charge in [-0.1, -0.05) is 6.92 Å². The van der Waals surface area contributed by atoms with Crippen molar-refractivity contribution in [3.63, 3.8) is 0 Å². The SMILES string of the molecule is CCN1CCN(CCN2CC3(CCN(C(C)CCO)CC3)OC2=O)CC1. The molecule has 0 bridgehead atoms. The smallest absolute Gasteiger partial charge is 0.410 e. The van der Waals surface area contributed by atoms with E-state index in [-0.39, 0.29) is 18.3 Å². The lowest BCUT2D eigenvalue weighted by molar-refractivity contribution is -0.0105. The fourth-order valence-corrected chi connectivity index (χ4v) is 4.46. The number of likely N-dealkylation sites (tertiary alicyclic amines) is 1. The third-order valence-electron chi connectivity index (χ3n) is 6.52. The number of rotatable bonds is 7. The van der Waals surface area contributed by atoms with Crippen molar-refractivity contribution in [3.8, 4) is 0 Å². The van der Waals surface area contributed by atoms with Crippen LogP contribution in [-0.2, 0) is 4.74 Å². The van der Waals surface area contributed by atoms with Crippen molar-refractivity contribution in [1.29, 1.82) is 0 Å². The average molecular weight is 369 g/mol. The highest BCUT2D eigenvalue weighted by Gasteiger charge is 2.47. The first-order chi connectivity index (χ1) is 12.5. The first-order valence-electron chi connectivity index (χ1n) is 10.3. The van der Waals surface area contributed by atoms with Gasteiger partial charge in [-0.3, -0.25) is 4.90 Å². The van der Waals surface area contributed by atoms with Crippen molar-refractivity contribution in [3.05, 3.63) is 0 Å². The minimum Gasteiger partial charge on any atom is -0.441 e. The van der Waals surface area contributed by atoms with E-state index < -0.39 is 0 Å². The highest BCUT2D eigenvalue weighted by molar-refractivity contribution is 5.70. The molecule has 1 amide bonds. The molecule has 1 atom stereocenters. The summed E-state index contributed by atoms with van der Waals surface area (Å²) in [5.74, 6) is 0. The number of aliphatic hydroxyl groups excluding tert-OH is 1. The van der Waals surface area contributed by atoms with Gasteiger partial charge >= 0.3 is 6.09 Å². The molecule has 0 aromatic heterocycles. The van der Waals surface area contributed by atoms with Gasteiger partial charge in [-0.2, -0.15) is 0 Å². The Morgan fingerprint density at radius 3 is 2.35 bits per heavy atom. The molecule has 0 aliphatic carbocycles. The van der Waals surface area contributed by atoms with Crippen molar-refractivity contribution >= 4 is 6.09 Å². The van der Waals surface area contributed by atoms with E-state index in [1.54, 1.807) is 0 Å². The number of carbonyl (C=O) groups is 1. The molecule has 1 unspecified atom stereocenters. The van der Waals surface area contributed by atoms with Crippen LogP contribution in [0, 0.1) is 0 Å². The number of ether oxygens (including phenoxy) is 1. The molecule has 0 aromatic rings. The fourth-order valence-electron chi connectivity index (χ4n) is 4.46.